The normalized spacial score (nSPS) is 13.5. The van der Waals surface area contributed by atoms with Crippen LogP contribution >= 0.6 is 22.9 Å². The molecule has 0 radical (unpaired) electrons. The summed E-state index contributed by atoms with van der Waals surface area (Å²) in [5.41, 5.74) is 0. The minimum absolute atomic E-state index is 0.309. The summed E-state index contributed by atoms with van der Waals surface area (Å²) in [6.07, 6.45) is 2.03. The molecule has 0 amide bonds. The van der Waals surface area contributed by atoms with Crippen molar-refractivity contribution < 1.29 is 5.11 Å². The number of hydrogen-bond acceptors (Lipinski definition) is 3. The van der Waals surface area contributed by atoms with Gasteiger partial charge in [0.1, 0.15) is 0 Å². The highest BCUT2D eigenvalue weighted by Gasteiger charge is 2.02. The molecule has 1 aromatic rings. The van der Waals surface area contributed by atoms with Crippen molar-refractivity contribution in [1.29, 1.82) is 0 Å². The second-order valence-corrected chi connectivity index (χ2v) is 3.83. The summed E-state index contributed by atoms with van der Waals surface area (Å²) >= 11 is 6.98. The molecule has 0 spiro atoms. The Labute approximate surface area is 68.5 Å². The molecule has 0 saturated carbocycles. The molecule has 1 heterocycles. The zero-order valence-electron chi connectivity index (χ0n) is 5.54. The van der Waals surface area contributed by atoms with Crippen LogP contribution in [0.1, 0.15) is 11.8 Å². The Kier molecular flexibility index (Phi) is 2.65. The van der Waals surface area contributed by atoms with E-state index in [2.05, 4.69) is 4.98 Å². The number of halogens is 1. The van der Waals surface area contributed by atoms with Crippen LogP contribution in [-0.4, -0.2) is 16.2 Å². The second kappa shape index (κ2) is 3.32. The third-order valence-electron chi connectivity index (χ3n) is 1.02. The molecule has 1 unspecified atom stereocenters. The van der Waals surface area contributed by atoms with E-state index < -0.39 is 0 Å². The summed E-state index contributed by atoms with van der Waals surface area (Å²) < 4.78 is 0.538. The van der Waals surface area contributed by atoms with E-state index in [1.807, 2.05) is 0 Å². The van der Waals surface area contributed by atoms with Gasteiger partial charge < -0.3 is 5.11 Å². The Hall–Kier alpha value is -0.120. The first kappa shape index (κ1) is 7.98. The molecule has 4 heteroatoms. The summed E-state index contributed by atoms with van der Waals surface area (Å²) in [6, 6.07) is 0. The van der Waals surface area contributed by atoms with Gasteiger partial charge in [0.2, 0.25) is 0 Å². The topological polar surface area (TPSA) is 33.1 Å². The van der Waals surface area contributed by atoms with E-state index in [1.165, 1.54) is 11.3 Å². The lowest BCUT2D eigenvalue weighted by atomic mass is 10.3. The fraction of sp³-hybridized carbons (Fsp3) is 0.500. The molecule has 1 rings (SSSR count). The van der Waals surface area contributed by atoms with Gasteiger partial charge in [0.05, 0.1) is 6.10 Å². The molecule has 1 atom stereocenters. The maximum absolute atomic E-state index is 8.95. The van der Waals surface area contributed by atoms with Crippen LogP contribution in [-0.2, 0) is 6.42 Å². The number of aromatic nitrogens is 1. The first-order chi connectivity index (χ1) is 4.68. The molecular weight excluding hydrogens is 170 g/mol. The smallest absolute Gasteiger partial charge is 0.183 e. The Morgan fingerprint density at radius 3 is 3.00 bits per heavy atom. The highest BCUT2D eigenvalue weighted by Crippen LogP contribution is 2.18. The fourth-order valence-corrected chi connectivity index (χ4v) is 1.77. The molecule has 1 N–H and O–H groups in total. The Bertz CT molecular complexity index is 211. The van der Waals surface area contributed by atoms with Crippen molar-refractivity contribution in [3.05, 3.63) is 15.5 Å². The highest BCUT2D eigenvalue weighted by molar-refractivity contribution is 7.15. The number of rotatable bonds is 2. The van der Waals surface area contributed by atoms with Gasteiger partial charge in [-0.3, -0.25) is 0 Å². The van der Waals surface area contributed by atoms with Gasteiger partial charge in [-0.1, -0.05) is 11.6 Å². The summed E-state index contributed by atoms with van der Waals surface area (Å²) in [6.45, 7) is 1.74. The third kappa shape index (κ3) is 2.25. The predicted molar refractivity (Wildman–Crippen MR) is 42.5 cm³/mol. The standard InChI is InChI=1S/C6H8ClNOS/c1-4(9)2-5-3-8-6(7)10-5/h3-4,9H,2H2,1H3. The van der Waals surface area contributed by atoms with Gasteiger partial charge in [-0.25, -0.2) is 4.98 Å². The van der Waals surface area contributed by atoms with Gasteiger partial charge in [0.25, 0.3) is 0 Å². The van der Waals surface area contributed by atoms with E-state index >= 15 is 0 Å². The van der Waals surface area contributed by atoms with Gasteiger partial charge in [0.15, 0.2) is 4.47 Å². The van der Waals surface area contributed by atoms with Crippen molar-refractivity contribution in [2.45, 2.75) is 19.4 Å². The van der Waals surface area contributed by atoms with Crippen LogP contribution in [0.5, 0.6) is 0 Å². The first-order valence-corrected chi connectivity index (χ1v) is 4.16. The molecule has 1 aromatic heterocycles. The number of hydrogen-bond donors (Lipinski definition) is 1. The molecule has 0 saturated heterocycles. The predicted octanol–water partition coefficient (Wildman–Crippen LogP) is 1.72. The van der Waals surface area contributed by atoms with Gasteiger partial charge in [-0.05, 0) is 6.92 Å². The quantitative estimate of drug-likeness (QED) is 0.747. The highest BCUT2D eigenvalue weighted by atomic mass is 35.5. The van der Waals surface area contributed by atoms with E-state index in [9.17, 15) is 0 Å². The monoisotopic (exact) mass is 177 g/mol. The van der Waals surface area contributed by atoms with Crippen LogP contribution in [0.3, 0.4) is 0 Å². The summed E-state index contributed by atoms with van der Waals surface area (Å²) in [4.78, 5) is 4.87. The number of nitrogens with zero attached hydrogens (tertiary/aromatic N) is 1. The molecule has 56 valence electrons. The van der Waals surface area contributed by atoms with Crippen LogP contribution in [0.4, 0.5) is 0 Å². The van der Waals surface area contributed by atoms with E-state index in [4.69, 9.17) is 16.7 Å². The Morgan fingerprint density at radius 1 is 1.90 bits per heavy atom. The van der Waals surface area contributed by atoms with Crippen LogP contribution in [0.2, 0.25) is 4.47 Å². The Balaban J connectivity index is 2.58. The van der Waals surface area contributed by atoms with E-state index in [0.29, 0.717) is 10.9 Å². The average molecular weight is 178 g/mol. The lowest BCUT2D eigenvalue weighted by Gasteiger charge is -1.97. The van der Waals surface area contributed by atoms with Crippen molar-refractivity contribution >= 4 is 22.9 Å². The summed E-state index contributed by atoms with van der Waals surface area (Å²) in [7, 11) is 0. The largest absolute Gasteiger partial charge is 0.393 e. The average Bonchev–Trinajstić information content (AvgIpc) is 2.13. The molecule has 10 heavy (non-hydrogen) atoms. The van der Waals surface area contributed by atoms with Crippen molar-refractivity contribution in [2.75, 3.05) is 0 Å². The van der Waals surface area contributed by atoms with E-state index in [1.54, 1.807) is 13.1 Å². The molecule has 0 aliphatic carbocycles. The maximum Gasteiger partial charge on any atom is 0.183 e. The summed E-state index contributed by atoms with van der Waals surface area (Å²) in [5, 5.41) is 8.95. The van der Waals surface area contributed by atoms with Gasteiger partial charge in [0, 0.05) is 17.5 Å². The second-order valence-electron chi connectivity index (χ2n) is 2.13. The molecule has 0 aliphatic heterocycles. The lowest BCUT2D eigenvalue weighted by molar-refractivity contribution is 0.196. The molecule has 0 aromatic carbocycles. The van der Waals surface area contributed by atoms with Crippen molar-refractivity contribution in [2.24, 2.45) is 0 Å². The molecule has 0 aliphatic rings. The van der Waals surface area contributed by atoms with Crippen molar-refractivity contribution in [1.82, 2.24) is 4.98 Å². The molecule has 2 nitrogen and oxygen atoms in total. The minimum Gasteiger partial charge on any atom is -0.393 e. The van der Waals surface area contributed by atoms with Crippen LogP contribution in [0, 0.1) is 0 Å². The van der Waals surface area contributed by atoms with Crippen LogP contribution in [0.25, 0.3) is 0 Å². The van der Waals surface area contributed by atoms with Crippen LogP contribution < -0.4 is 0 Å². The van der Waals surface area contributed by atoms with Crippen molar-refractivity contribution in [3.63, 3.8) is 0 Å². The summed E-state index contributed by atoms with van der Waals surface area (Å²) in [5.74, 6) is 0. The van der Waals surface area contributed by atoms with E-state index in [-0.39, 0.29) is 6.10 Å². The number of thiazole rings is 1. The van der Waals surface area contributed by atoms with Gasteiger partial charge in [-0.2, -0.15) is 0 Å². The molecule has 0 bridgehead atoms. The molecular formula is C6H8ClNOS. The maximum atomic E-state index is 8.95. The lowest BCUT2D eigenvalue weighted by Crippen LogP contribution is -2.01. The fourth-order valence-electron chi connectivity index (χ4n) is 0.669. The van der Waals surface area contributed by atoms with Gasteiger partial charge >= 0.3 is 0 Å². The van der Waals surface area contributed by atoms with Crippen molar-refractivity contribution in [3.8, 4) is 0 Å². The third-order valence-corrected chi connectivity index (χ3v) is 2.16. The molecule has 0 fully saturated rings. The zero-order valence-corrected chi connectivity index (χ0v) is 7.11. The van der Waals surface area contributed by atoms with Crippen LogP contribution in [0.15, 0.2) is 6.20 Å². The van der Waals surface area contributed by atoms with Gasteiger partial charge in [-0.15, -0.1) is 11.3 Å². The Morgan fingerprint density at radius 2 is 2.60 bits per heavy atom. The zero-order chi connectivity index (χ0) is 7.56. The van der Waals surface area contributed by atoms with E-state index in [0.717, 1.165) is 4.88 Å². The number of aliphatic hydroxyl groups is 1. The number of aliphatic hydroxyl groups excluding tert-OH is 1. The first-order valence-electron chi connectivity index (χ1n) is 2.97. The minimum atomic E-state index is -0.309. The SMILES string of the molecule is CC(O)Cc1cnc(Cl)s1.